The van der Waals surface area contributed by atoms with Crippen LogP contribution in [0, 0.1) is 6.92 Å². The highest BCUT2D eigenvalue weighted by atomic mass is 35.5. The number of carbonyl (C=O) groups excluding carboxylic acids is 2. The summed E-state index contributed by atoms with van der Waals surface area (Å²) in [7, 11) is 1.83. The van der Waals surface area contributed by atoms with Gasteiger partial charge in [-0.2, -0.15) is 0 Å². The molecule has 1 aromatic carbocycles. The number of nitrogens with zero attached hydrogens (tertiary/aromatic N) is 3. The van der Waals surface area contributed by atoms with E-state index >= 15 is 0 Å². The van der Waals surface area contributed by atoms with Gasteiger partial charge in [0.2, 0.25) is 5.91 Å². The molecule has 37 heavy (non-hydrogen) atoms. The standard InChI is InChI=1S/C26H31ClN4O4S2/c1-14(2)34-25(33)22-17-8-6-7-9-20(17)37-24(22)28-21(32)13-36-26-30-29-23(31(26)5)16(4)35-19-12-15(3)10-11-18(19)27/h10-12,14,16H,6-9,13H2,1-5H3,(H,28,32). The maximum absolute atomic E-state index is 12.9. The average Bonchev–Trinajstić information content (AvgIpc) is 3.39. The predicted molar refractivity (Wildman–Crippen MR) is 147 cm³/mol. The molecule has 0 bridgehead atoms. The molecule has 1 N–H and O–H groups in total. The summed E-state index contributed by atoms with van der Waals surface area (Å²) in [6.07, 6.45) is 3.23. The van der Waals surface area contributed by atoms with Gasteiger partial charge in [-0.1, -0.05) is 29.4 Å². The van der Waals surface area contributed by atoms with Crippen LogP contribution in [-0.2, 0) is 29.4 Å². The molecule has 2 aromatic heterocycles. The molecule has 11 heteroatoms. The number of hydrogen-bond acceptors (Lipinski definition) is 8. The minimum atomic E-state index is -0.396. The molecule has 8 nitrogen and oxygen atoms in total. The number of fused-ring (bicyclic) bond motifs is 1. The molecular weight excluding hydrogens is 532 g/mol. The summed E-state index contributed by atoms with van der Waals surface area (Å²) < 4.78 is 13.3. The van der Waals surface area contributed by atoms with Gasteiger partial charge in [-0.15, -0.1) is 21.5 Å². The minimum Gasteiger partial charge on any atom is -0.481 e. The molecular formula is C26H31ClN4O4S2. The molecule has 0 radical (unpaired) electrons. The summed E-state index contributed by atoms with van der Waals surface area (Å²) >= 11 is 9.02. The van der Waals surface area contributed by atoms with E-state index in [-0.39, 0.29) is 23.7 Å². The third-order valence-corrected chi connectivity index (χ3v) is 8.47. The Balaban J connectivity index is 1.42. The molecule has 1 amide bonds. The molecule has 198 valence electrons. The Labute approximate surface area is 230 Å². The summed E-state index contributed by atoms with van der Waals surface area (Å²) in [5, 5.41) is 13.1. The number of ether oxygens (including phenoxy) is 2. The normalized spacial score (nSPS) is 13.8. The Morgan fingerprint density at radius 3 is 2.73 bits per heavy atom. The van der Waals surface area contributed by atoms with Crippen LogP contribution in [0.4, 0.5) is 5.00 Å². The van der Waals surface area contributed by atoms with Gasteiger partial charge in [0.05, 0.1) is 22.4 Å². The van der Waals surface area contributed by atoms with Crippen molar-refractivity contribution in [1.29, 1.82) is 0 Å². The number of aryl methyl sites for hydroxylation is 2. The minimum absolute atomic E-state index is 0.117. The second-order valence-electron chi connectivity index (χ2n) is 9.30. The lowest BCUT2D eigenvalue weighted by molar-refractivity contribution is -0.113. The van der Waals surface area contributed by atoms with Gasteiger partial charge >= 0.3 is 5.97 Å². The summed E-state index contributed by atoms with van der Waals surface area (Å²) in [5.74, 6) is 0.716. The molecule has 1 unspecified atom stereocenters. The van der Waals surface area contributed by atoms with Crippen LogP contribution in [0.2, 0.25) is 5.02 Å². The molecule has 4 rings (SSSR count). The molecule has 0 saturated carbocycles. The van der Waals surface area contributed by atoms with Gasteiger partial charge in [-0.25, -0.2) is 4.79 Å². The van der Waals surface area contributed by atoms with Crippen molar-refractivity contribution in [3.8, 4) is 5.75 Å². The topological polar surface area (TPSA) is 95.3 Å². The summed E-state index contributed by atoms with van der Waals surface area (Å²) in [5.41, 5.74) is 2.57. The Morgan fingerprint density at radius 2 is 1.97 bits per heavy atom. The van der Waals surface area contributed by atoms with Crippen molar-refractivity contribution in [2.24, 2.45) is 7.05 Å². The van der Waals surface area contributed by atoms with E-state index in [1.165, 1.54) is 23.1 Å². The van der Waals surface area contributed by atoms with E-state index in [1.807, 2.05) is 51.4 Å². The van der Waals surface area contributed by atoms with Gasteiger partial charge in [0, 0.05) is 11.9 Å². The number of anilines is 1. The zero-order valence-corrected chi connectivity index (χ0v) is 24.0. The van der Waals surface area contributed by atoms with Crippen molar-refractivity contribution in [3.63, 3.8) is 0 Å². The van der Waals surface area contributed by atoms with Crippen LogP contribution >= 0.6 is 34.7 Å². The number of hydrogen-bond donors (Lipinski definition) is 1. The number of thioether (sulfide) groups is 1. The van der Waals surface area contributed by atoms with E-state index in [0.29, 0.717) is 32.3 Å². The van der Waals surface area contributed by atoms with Crippen molar-refractivity contribution in [2.75, 3.05) is 11.1 Å². The first-order valence-electron chi connectivity index (χ1n) is 12.2. The van der Waals surface area contributed by atoms with E-state index in [1.54, 1.807) is 6.07 Å². The van der Waals surface area contributed by atoms with Crippen LogP contribution in [0.25, 0.3) is 0 Å². The Kier molecular flexibility index (Phi) is 8.82. The Morgan fingerprint density at radius 1 is 1.22 bits per heavy atom. The maximum Gasteiger partial charge on any atom is 0.341 e. The van der Waals surface area contributed by atoms with Gasteiger partial charge in [0.1, 0.15) is 10.8 Å². The fraction of sp³-hybridized carbons (Fsp3) is 0.462. The van der Waals surface area contributed by atoms with E-state index in [2.05, 4.69) is 15.5 Å². The monoisotopic (exact) mass is 562 g/mol. The quantitative estimate of drug-likeness (QED) is 0.247. The fourth-order valence-corrected chi connectivity index (χ4v) is 6.36. The number of aromatic nitrogens is 3. The number of carbonyl (C=O) groups is 2. The molecule has 0 saturated heterocycles. The number of nitrogens with one attached hydrogen (secondary N) is 1. The second-order valence-corrected chi connectivity index (χ2v) is 11.8. The van der Waals surface area contributed by atoms with Crippen molar-refractivity contribution >= 4 is 51.6 Å². The molecule has 0 fully saturated rings. The highest BCUT2D eigenvalue weighted by Gasteiger charge is 2.28. The van der Waals surface area contributed by atoms with Crippen LogP contribution in [0.15, 0.2) is 23.4 Å². The molecule has 0 spiro atoms. The SMILES string of the molecule is Cc1ccc(Cl)c(OC(C)c2nnc(SCC(=O)Nc3sc4c(c3C(=O)OC(C)C)CCCC4)n2C)c1. The first-order valence-corrected chi connectivity index (χ1v) is 14.4. The molecule has 1 atom stereocenters. The average molecular weight is 563 g/mol. The van der Waals surface area contributed by atoms with Crippen LogP contribution < -0.4 is 10.1 Å². The van der Waals surface area contributed by atoms with E-state index in [0.717, 1.165) is 41.7 Å². The van der Waals surface area contributed by atoms with Gasteiger partial charge in [0.25, 0.3) is 0 Å². The van der Waals surface area contributed by atoms with Gasteiger partial charge in [0.15, 0.2) is 17.1 Å². The van der Waals surface area contributed by atoms with Gasteiger partial charge in [-0.3, -0.25) is 4.79 Å². The summed E-state index contributed by atoms with van der Waals surface area (Å²) in [6, 6.07) is 5.60. The van der Waals surface area contributed by atoms with E-state index in [4.69, 9.17) is 21.1 Å². The number of rotatable bonds is 9. The molecule has 2 heterocycles. The molecule has 1 aliphatic carbocycles. The van der Waals surface area contributed by atoms with Crippen molar-refractivity contribution in [3.05, 3.63) is 50.6 Å². The lowest BCUT2D eigenvalue weighted by atomic mass is 9.95. The Hall–Kier alpha value is -2.56. The molecule has 0 aliphatic heterocycles. The first-order chi connectivity index (χ1) is 17.6. The van der Waals surface area contributed by atoms with Crippen LogP contribution in [0.1, 0.15) is 71.9 Å². The number of esters is 1. The van der Waals surface area contributed by atoms with E-state index < -0.39 is 6.10 Å². The number of halogens is 1. The first kappa shape index (κ1) is 27.5. The van der Waals surface area contributed by atoms with Crippen molar-refractivity contribution in [2.45, 2.75) is 70.7 Å². The molecule has 3 aromatic rings. The number of benzene rings is 1. The summed E-state index contributed by atoms with van der Waals surface area (Å²) in [6.45, 7) is 7.49. The van der Waals surface area contributed by atoms with Crippen LogP contribution in [0.3, 0.4) is 0 Å². The number of thiophene rings is 1. The van der Waals surface area contributed by atoms with E-state index in [9.17, 15) is 9.59 Å². The largest absolute Gasteiger partial charge is 0.481 e. The lowest BCUT2D eigenvalue weighted by Gasteiger charge is -2.15. The fourth-order valence-electron chi connectivity index (χ4n) is 4.19. The lowest BCUT2D eigenvalue weighted by Crippen LogP contribution is -2.19. The second kappa shape index (κ2) is 11.9. The highest BCUT2D eigenvalue weighted by Crippen LogP contribution is 2.39. The van der Waals surface area contributed by atoms with Gasteiger partial charge < -0.3 is 19.4 Å². The molecule has 1 aliphatic rings. The third kappa shape index (κ3) is 6.48. The van der Waals surface area contributed by atoms with Gasteiger partial charge in [-0.05, 0) is 76.6 Å². The van der Waals surface area contributed by atoms with Crippen molar-refractivity contribution < 1.29 is 19.1 Å². The zero-order chi connectivity index (χ0) is 26.7. The highest BCUT2D eigenvalue weighted by molar-refractivity contribution is 7.99. The summed E-state index contributed by atoms with van der Waals surface area (Å²) in [4.78, 5) is 26.9. The smallest absolute Gasteiger partial charge is 0.341 e. The third-order valence-electron chi connectivity index (χ3n) is 5.93. The van der Waals surface area contributed by atoms with Crippen molar-refractivity contribution in [1.82, 2.24) is 14.8 Å². The van der Waals surface area contributed by atoms with Crippen LogP contribution in [0.5, 0.6) is 5.75 Å². The number of amides is 1. The van der Waals surface area contributed by atoms with Crippen LogP contribution in [-0.4, -0.2) is 38.5 Å². The Bertz CT molecular complexity index is 1300. The maximum atomic E-state index is 12.9. The predicted octanol–water partition coefficient (Wildman–Crippen LogP) is 6.15. The zero-order valence-electron chi connectivity index (χ0n) is 21.6.